The third-order valence-electron chi connectivity index (χ3n) is 6.14. The molecule has 1 saturated heterocycles. The summed E-state index contributed by atoms with van der Waals surface area (Å²) in [7, 11) is 6.15. The van der Waals surface area contributed by atoms with E-state index in [0.717, 1.165) is 30.3 Å². The minimum atomic E-state index is -0.763. The standard InChI is InChI=1S/C22H42N2O5/c1-7-17-15-24(4,5)16-19(17)9-8-18(20(23)25)14-22(2,3)21(26)29-13-12-28-11-10-27-6/h17-19H,7-16H2,1-6H3,(H-,23,25)/p+1. The molecule has 7 heteroatoms. The van der Waals surface area contributed by atoms with E-state index in [1.807, 2.05) is 13.8 Å². The number of primary amides is 1. The monoisotopic (exact) mass is 415 g/mol. The minimum absolute atomic E-state index is 0.195. The van der Waals surface area contributed by atoms with Crippen LogP contribution in [0.4, 0.5) is 0 Å². The van der Waals surface area contributed by atoms with E-state index in [4.69, 9.17) is 19.9 Å². The smallest absolute Gasteiger partial charge is 0.311 e. The molecule has 1 rings (SSSR count). The number of nitrogens with zero attached hydrogens (tertiary/aromatic N) is 1. The summed E-state index contributed by atoms with van der Waals surface area (Å²) in [6.07, 6.45) is 3.28. The second-order valence-electron chi connectivity index (χ2n) is 9.74. The van der Waals surface area contributed by atoms with Crippen molar-refractivity contribution in [1.82, 2.24) is 0 Å². The highest BCUT2D eigenvalue weighted by Gasteiger charge is 2.40. The largest absolute Gasteiger partial charge is 0.463 e. The van der Waals surface area contributed by atoms with Gasteiger partial charge in [0.15, 0.2) is 0 Å². The van der Waals surface area contributed by atoms with Crippen LogP contribution in [-0.2, 0) is 23.8 Å². The number of nitrogens with two attached hydrogens (primary N) is 1. The Morgan fingerprint density at radius 3 is 2.31 bits per heavy atom. The number of rotatable bonds is 14. The molecule has 0 bridgehead atoms. The fourth-order valence-corrected chi connectivity index (χ4v) is 4.52. The number of quaternary nitrogens is 1. The van der Waals surface area contributed by atoms with Gasteiger partial charge in [-0.15, -0.1) is 0 Å². The van der Waals surface area contributed by atoms with Crippen molar-refractivity contribution < 1.29 is 28.3 Å². The SMILES string of the molecule is CCC1C[N+](C)(C)CC1CCC(CC(C)(C)C(=O)OCCOCCOC)C(N)=O. The lowest BCUT2D eigenvalue weighted by molar-refractivity contribution is -0.880. The van der Waals surface area contributed by atoms with Crippen molar-refractivity contribution in [3.05, 3.63) is 0 Å². The first kappa shape index (κ1) is 25.9. The molecule has 0 spiro atoms. The molecule has 0 radical (unpaired) electrons. The molecule has 3 unspecified atom stereocenters. The van der Waals surface area contributed by atoms with Crippen molar-refractivity contribution in [3.8, 4) is 0 Å². The van der Waals surface area contributed by atoms with Crippen molar-refractivity contribution in [2.24, 2.45) is 28.9 Å². The van der Waals surface area contributed by atoms with Gasteiger partial charge >= 0.3 is 5.97 Å². The van der Waals surface area contributed by atoms with Gasteiger partial charge in [-0.05, 0) is 39.5 Å². The number of esters is 1. The summed E-state index contributed by atoms with van der Waals surface area (Å²) in [6.45, 7) is 9.71. The van der Waals surface area contributed by atoms with Gasteiger partial charge in [0.25, 0.3) is 0 Å². The minimum Gasteiger partial charge on any atom is -0.463 e. The van der Waals surface area contributed by atoms with Crippen LogP contribution in [0.25, 0.3) is 0 Å². The molecule has 3 atom stereocenters. The zero-order valence-corrected chi connectivity index (χ0v) is 19.4. The Kier molecular flexibility index (Phi) is 10.6. The number of carbonyl (C=O) groups is 2. The van der Waals surface area contributed by atoms with Crippen LogP contribution in [0.1, 0.15) is 46.5 Å². The number of amides is 1. The summed E-state index contributed by atoms with van der Waals surface area (Å²) >= 11 is 0. The lowest BCUT2D eigenvalue weighted by atomic mass is 9.78. The number of methoxy groups -OCH3 is 1. The molecular weight excluding hydrogens is 372 g/mol. The number of hydrogen-bond acceptors (Lipinski definition) is 5. The molecule has 0 saturated carbocycles. The molecule has 1 amide bonds. The van der Waals surface area contributed by atoms with Crippen molar-refractivity contribution in [2.75, 3.05) is 60.7 Å². The molecule has 1 aliphatic heterocycles. The zero-order valence-electron chi connectivity index (χ0n) is 19.4. The van der Waals surface area contributed by atoms with Gasteiger partial charge in [-0.25, -0.2) is 0 Å². The first-order chi connectivity index (χ1) is 13.5. The quantitative estimate of drug-likeness (QED) is 0.267. The summed E-state index contributed by atoms with van der Waals surface area (Å²) in [4.78, 5) is 24.6. The Hall–Kier alpha value is -1.18. The van der Waals surface area contributed by atoms with Crippen LogP contribution >= 0.6 is 0 Å². The van der Waals surface area contributed by atoms with Gasteiger partial charge in [0, 0.05) is 24.9 Å². The van der Waals surface area contributed by atoms with Gasteiger partial charge in [0.05, 0.1) is 52.4 Å². The van der Waals surface area contributed by atoms with Crippen molar-refractivity contribution in [2.45, 2.75) is 46.5 Å². The third-order valence-corrected chi connectivity index (χ3v) is 6.14. The van der Waals surface area contributed by atoms with Gasteiger partial charge in [-0.3, -0.25) is 9.59 Å². The predicted molar refractivity (Wildman–Crippen MR) is 113 cm³/mol. The molecule has 1 aliphatic rings. The lowest BCUT2D eigenvalue weighted by Crippen LogP contribution is -2.37. The molecule has 2 N–H and O–H groups in total. The number of hydrogen-bond donors (Lipinski definition) is 1. The van der Waals surface area contributed by atoms with Crippen molar-refractivity contribution >= 4 is 11.9 Å². The first-order valence-electron chi connectivity index (χ1n) is 10.9. The van der Waals surface area contributed by atoms with E-state index in [9.17, 15) is 9.59 Å². The zero-order chi connectivity index (χ0) is 22.1. The van der Waals surface area contributed by atoms with E-state index >= 15 is 0 Å². The van der Waals surface area contributed by atoms with E-state index in [-0.39, 0.29) is 24.4 Å². The molecule has 0 aromatic heterocycles. The first-order valence-corrected chi connectivity index (χ1v) is 10.9. The summed E-state index contributed by atoms with van der Waals surface area (Å²) in [5.74, 6) is 0.341. The number of carbonyl (C=O) groups excluding carboxylic acids is 2. The molecular formula is C22H43N2O5+. The number of likely N-dealkylation sites (tertiary alicyclic amines) is 1. The fraction of sp³-hybridized carbons (Fsp3) is 0.909. The molecule has 1 heterocycles. The van der Waals surface area contributed by atoms with Crippen LogP contribution in [0.15, 0.2) is 0 Å². The molecule has 7 nitrogen and oxygen atoms in total. The van der Waals surface area contributed by atoms with Crippen LogP contribution < -0.4 is 5.73 Å². The fourth-order valence-electron chi connectivity index (χ4n) is 4.52. The predicted octanol–water partition coefficient (Wildman–Crippen LogP) is 2.22. The van der Waals surface area contributed by atoms with E-state index in [2.05, 4.69) is 21.0 Å². The summed E-state index contributed by atoms with van der Waals surface area (Å²) in [5.41, 5.74) is 4.93. The Morgan fingerprint density at radius 2 is 1.72 bits per heavy atom. The third kappa shape index (κ3) is 9.01. The van der Waals surface area contributed by atoms with Crippen LogP contribution in [-0.4, -0.2) is 77.1 Å². The Bertz CT molecular complexity index is 521. The Morgan fingerprint density at radius 1 is 1.10 bits per heavy atom. The van der Waals surface area contributed by atoms with Crippen LogP contribution in [0.3, 0.4) is 0 Å². The molecule has 1 fully saturated rings. The molecule has 0 aliphatic carbocycles. The van der Waals surface area contributed by atoms with E-state index in [1.54, 1.807) is 7.11 Å². The molecule has 29 heavy (non-hydrogen) atoms. The topological polar surface area (TPSA) is 87.8 Å². The summed E-state index contributed by atoms with van der Waals surface area (Å²) in [6, 6.07) is 0. The average Bonchev–Trinajstić information content (AvgIpc) is 2.94. The van der Waals surface area contributed by atoms with Crippen LogP contribution in [0, 0.1) is 23.2 Å². The van der Waals surface area contributed by atoms with Crippen LogP contribution in [0.2, 0.25) is 0 Å². The van der Waals surface area contributed by atoms with E-state index in [0.29, 0.717) is 38.1 Å². The van der Waals surface area contributed by atoms with Crippen molar-refractivity contribution in [3.63, 3.8) is 0 Å². The highest BCUT2D eigenvalue weighted by Crippen LogP contribution is 2.35. The Labute approximate surface area is 176 Å². The summed E-state index contributed by atoms with van der Waals surface area (Å²) < 4.78 is 16.6. The molecule has 170 valence electrons. The summed E-state index contributed by atoms with van der Waals surface area (Å²) in [5, 5.41) is 0. The van der Waals surface area contributed by atoms with Gasteiger partial charge in [0.1, 0.15) is 6.61 Å². The maximum absolute atomic E-state index is 12.5. The average molecular weight is 416 g/mol. The van der Waals surface area contributed by atoms with Gasteiger partial charge in [-0.2, -0.15) is 0 Å². The molecule has 0 aromatic rings. The lowest BCUT2D eigenvalue weighted by Gasteiger charge is -2.27. The van der Waals surface area contributed by atoms with Gasteiger partial charge in [0.2, 0.25) is 5.91 Å². The molecule has 0 aromatic carbocycles. The normalized spacial score (nSPS) is 22.4. The number of ether oxygens (including phenoxy) is 3. The van der Waals surface area contributed by atoms with Gasteiger partial charge in [-0.1, -0.05) is 6.92 Å². The highest BCUT2D eigenvalue weighted by atomic mass is 16.6. The highest BCUT2D eigenvalue weighted by molar-refractivity contribution is 5.80. The van der Waals surface area contributed by atoms with Gasteiger partial charge < -0.3 is 24.4 Å². The van der Waals surface area contributed by atoms with E-state index < -0.39 is 5.41 Å². The second-order valence-corrected chi connectivity index (χ2v) is 9.74. The maximum Gasteiger partial charge on any atom is 0.311 e. The van der Waals surface area contributed by atoms with Crippen molar-refractivity contribution in [1.29, 1.82) is 0 Å². The maximum atomic E-state index is 12.5. The van der Waals surface area contributed by atoms with E-state index in [1.165, 1.54) is 6.54 Å². The second kappa shape index (κ2) is 11.9. The Balaban J connectivity index is 2.52. The van der Waals surface area contributed by atoms with Crippen LogP contribution in [0.5, 0.6) is 0 Å².